The molecule has 0 unspecified atom stereocenters. The molecule has 2 N–H and O–H groups in total. The Hall–Kier alpha value is -2.54. The van der Waals surface area contributed by atoms with E-state index in [2.05, 4.69) is 39.1 Å². The van der Waals surface area contributed by atoms with Gasteiger partial charge in [-0.3, -0.25) is 4.79 Å². The normalized spacial score (nSPS) is 9.50. The van der Waals surface area contributed by atoms with Crippen LogP contribution >= 0.6 is 15.9 Å². The topological polar surface area (TPSA) is 84.9 Å². The number of carbonyl (C=O) groups is 2. The Balaban J connectivity index is 0.000000922. The van der Waals surface area contributed by atoms with Crippen LogP contribution in [0.1, 0.15) is 17.3 Å². The zero-order valence-corrected chi connectivity index (χ0v) is 15.3. The van der Waals surface area contributed by atoms with Crippen molar-refractivity contribution in [2.75, 3.05) is 19.5 Å². The van der Waals surface area contributed by atoms with E-state index in [0.717, 1.165) is 5.76 Å². The van der Waals surface area contributed by atoms with Gasteiger partial charge in [-0.25, -0.2) is 4.79 Å². The first-order valence-corrected chi connectivity index (χ1v) is 7.44. The van der Waals surface area contributed by atoms with Crippen molar-refractivity contribution in [2.24, 2.45) is 0 Å². The van der Waals surface area contributed by atoms with Crippen LogP contribution < -0.4 is 5.32 Å². The van der Waals surface area contributed by atoms with E-state index in [4.69, 9.17) is 9.84 Å². The van der Waals surface area contributed by atoms with Crippen LogP contribution in [-0.4, -0.2) is 31.2 Å². The highest BCUT2D eigenvalue weighted by molar-refractivity contribution is 9.10. The van der Waals surface area contributed by atoms with Crippen LogP contribution in [0, 0.1) is 0 Å². The molecule has 7 heteroatoms. The third kappa shape index (κ3) is 8.79. The summed E-state index contributed by atoms with van der Waals surface area (Å²) in [4.78, 5) is 22.6. The lowest BCUT2D eigenvalue weighted by Crippen LogP contribution is -2.12. The lowest BCUT2D eigenvalue weighted by molar-refractivity contribution is -0.111. The van der Waals surface area contributed by atoms with Crippen LogP contribution in [-0.2, 0) is 14.3 Å². The van der Waals surface area contributed by atoms with E-state index in [1.165, 1.54) is 31.4 Å². The predicted octanol–water partition coefficient (Wildman–Crippen LogP) is 3.97. The van der Waals surface area contributed by atoms with Crippen LogP contribution in [0.25, 0.3) is 0 Å². The standard InChI is InChI=1S/C13H12BrNO4.C4H8O/c1-8(19-2)3-6-12(16)15-11-5-4-9(14)7-10(11)13(17)18;1-4(2)5-3/h3-7H,1H2,2H3,(H,15,16)(H,17,18);1H2,2-3H3/b6-3+;. The molecule has 0 atom stereocenters. The minimum Gasteiger partial charge on any atom is -0.502 e. The summed E-state index contributed by atoms with van der Waals surface area (Å²) in [5.74, 6) is -0.515. The number of carboxylic acids is 1. The molecule has 6 nitrogen and oxygen atoms in total. The van der Waals surface area contributed by atoms with E-state index in [-0.39, 0.29) is 11.3 Å². The average molecular weight is 398 g/mol. The van der Waals surface area contributed by atoms with E-state index in [0.29, 0.717) is 10.2 Å². The summed E-state index contributed by atoms with van der Waals surface area (Å²) in [7, 11) is 3.03. The van der Waals surface area contributed by atoms with Gasteiger partial charge in [-0.2, -0.15) is 0 Å². The highest BCUT2D eigenvalue weighted by Gasteiger charge is 2.11. The lowest BCUT2D eigenvalue weighted by Gasteiger charge is -2.07. The molecule has 0 spiro atoms. The number of anilines is 1. The quantitative estimate of drug-likeness (QED) is 0.430. The molecule has 1 aromatic rings. The molecule has 0 fully saturated rings. The first-order chi connectivity index (χ1) is 11.2. The van der Waals surface area contributed by atoms with Gasteiger partial charge in [0.05, 0.1) is 31.2 Å². The molecule has 0 aromatic heterocycles. The number of hydrogen-bond acceptors (Lipinski definition) is 4. The van der Waals surface area contributed by atoms with E-state index >= 15 is 0 Å². The number of methoxy groups -OCH3 is 2. The highest BCUT2D eigenvalue weighted by atomic mass is 79.9. The fraction of sp³-hybridized carbons (Fsp3) is 0.176. The van der Waals surface area contributed by atoms with Crippen molar-refractivity contribution in [3.63, 3.8) is 0 Å². The maximum absolute atomic E-state index is 11.6. The van der Waals surface area contributed by atoms with Gasteiger partial charge in [0.2, 0.25) is 5.91 Å². The van der Waals surface area contributed by atoms with Gasteiger partial charge in [-0.15, -0.1) is 0 Å². The van der Waals surface area contributed by atoms with Gasteiger partial charge in [-0.1, -0.05) is 29.1 Å². The van der Waals surface area contributed by atoms with Crippen molar-refractivity contribution in [1.82, 2.24) is 0 Å². The summed E-state index contributed by atoms with van der Waals surface area (Å²) >= 11 is 3.17. The van der Waals surface area contributed by atoms with Gasteiger partial charge in [0.1, 0.15) is 5.76 Å². The molecule has 0 saturated heterocycles. The SMILES string of the molecule is C=C(/C=C/C(=O)Nc1ccc(Br)cc1C(=O)O)OC.C=C(C)OC. The van der Waals surface area contributed by atoms with Crippen LogP contribution in [0.3, 0.4) is 0 Å². The van der Waals surface area contributed by atoms with Crippen molar-refractivity contribution in [1.29, 1.82) is 0 Å². The molecule has 0 aliphatic carbocycles. The molecule has 0 saturated carbocycles. The number of carbonyl (C=O) groups excluding carboxylic acids is 1. The van der Waals surface area contributed by atoms with Crippen LogP contribution in [0.4, 0.5) is 5.69 Å². The molecule has 0 bridgehead atoms. The Labute approximate surface area is 149 Å². The Bertz CT molecular complexity index is 652. The monoisotopic (exact) mass is 397 g/mol. The van der Waals surface area contributed by atoms with Crippen LogP contribution in [0.2, 0.25) is 0 Å². The van der Waals surface area contributed by atoms with Crippen molar-refractivity contribution < 1.29 is 24.2 Å². The molecule has 0 heterocycles. The van der Waals surface area contributed by atoms with Gasteiger partial charge in [-0.05, 0) is 31.2 Å². The fourth-order valence-corrected chi connectivity index (χ4v) is 1.57. The van der Waals surface area contributed by atoms with Crippen molar-refractivity contribution >= 4 is 33.5 Å². The van der Waals surface area contributed by atoms with Crippen molar-refractivity contribution in [3.8, 4) is 0 Å². The summed E-state index contributed by atoms with van der Waals surface area (Å²) in [5, 5.41) is 11.5. The zero-order valence-electron chi connectivity index (χ0n) is 13.8. The highest BCUT2D eigenvalue weighted by Crippen LogP contribution is 2.21. The summed E-state index contributed by atoms with van der Waals surface area (Å²) in [6.07, 6.45) is 2.59. The number of hydrogen-bond donors (Lipinski definition) is 2. The van der Waals surface area contributed by atoms with Crippen LogP contribution in [0.5, 0.6) is 0 Å². The molecule has 0 aliphatic heterocycles. The molecule has 1 aromatic carbocycles. The third-order valence-corrected chi connectivity index (χ3v) is 2.99. The Morgan fingerprint density at radius 1 is 1.21 bits per heavy atom. The smallest absolute Gasteiger partial charge is 0.337 e. The van der Waals surface area contributed by atoms with Crippen LogP contribution in [0.15, 0.2) is 59.5 Å². The summed E-state index contributed by atoms with van der Waals surface area (Å²) in [6, 6.07) is 4.56. The number of aromatic carboxylic acids is 1. The number of ether oxygens (including phenoxy) is 2. The van der Waals surface area contributed by atoms with E-state index in [1.54, 1.807) is 20.1 Å². The zero-order chi connectivity index (χ0) is 18.7. The second-order valence-electron chi connectivity index (χ2n) is 4.39. The number of allylic oxidation sites excluding steroid dienone is 2. The summed E-state index contributed by atoms with van der Waals surface area (Å²) in [5.41, 5.74) is 0.218. The minimum absolute atomic E-state index is 0.00157. The molecular weight excluding hydrogens is 378 g/mol. The van der Waals surface area contributed by atoms with E-state index in [1.807, 2.05) is 0 Å². The maximum atomic E-state index is 11.6. The Kier molecular flexibility index (Phi) is 9.90. The first-order valence-electron chi connectivity index (χ1n) is 6.65. The number of halogens is 1. The third-order valence-electron chi connectivity index (χ3n) is 2.50. The molecular formula is C17H20BrNO5. The number of carboxylic acid groups (broad SMARTS) is 1. The number of benzene rings is 1. The number of nitrogens with one attached hydrogen (secondary N) is 1. The fourth-order valence-electron chi connectivity index (χ4n) is 1.21. The Morgan fingerprint density at radius 3 is 2.25 bits per heavy atom. The molecule has 0 radical (unpaired) electrons. The molecule has 24 heavy (non-hydrogen) atoms. The summed E-state index contributed by atoms with van der Waals surface area (Å²) in [6.45, 7) is 8.78. The van der Waals surface area contributed by atoms with Gasteiger partial charge in [0.15, 0.2) is 0 Å². The van der Waals surface area contributed by atoms with Gasteiger partial charge >= 0.3 is 5.97 Å². The maximum Gasteiger partial charge on any atom is 0.337 e. The minimum atomic E-state index is -1.12. The molecule has 130 valence electrons. The second-order valence-corrected chi connectivity index (χ2v) is 5.31. The molecule has 1 rings (SSSR count). The first kappa shape index (κ1) is 21.5. The van der Waals surface area contributed by atoms with Crippen molar-refractivity contribution in [2.45, 2.75) is 6.92 Å². The predicted molar refractivity (Wildman–Crippen MR) is 96.8 cm³/mol. The Morgan fingerprint density at radius 2 is 1.79 bits per heavy atom. The average Bonchev–Trinajstić information content (AvgIpc) is 2.54. The van der Waals surface area contributed by atoms with Gasteiger partial charge in [0, 0.05) is 10.5 Å². The molecule has 1 amide bonds. The second kappa shape index (κ2) is 11.1. The van der Waals surface area contributed by atoms with E-state index < -0.39 is 11.9 Å². The van der Waals surface area contributed by atoms with Gasteiger partial charge < -0.3 is 19.9 Å². The molecule has 0 aliphatic rings. The number of rotatable bonds is 6. The largest absolute Gasteiger partial charge is 0.502 e. The summed E-state index contributed by atoms with van der Waals surface area (Å²) < 4.78 is 9.94. The number of amides is 1. The lowest BCUT2D eigenvalue weighted by atomic mass is 10.2. The van der Waals surface area contributed by atoms with Gasteiger partial charge in [0.25, 0.3) is 0 Å². The van der Waals surface area contributed by atoms with Crippen molar-refractivity contribution in [3.05, 3.63) is 65.1 Å². The van der Waals surface area contributed by atoms with E-state index in [9.17, 15) is 9.59 Å².